The summed E-state index contributed by atoms with van der Waals surface area (Å²) in [6, 6.07) is 11.2. The summed E-state index contributed by atoms with van der Waals surface area (Å²) in [6.45, 7) is 2.84. The highest BCUT2D eigenvalue weighted by atomic mass is 19.1. The molecule has 1 aromatic heterocycles. The Kier molecular flexibility index (Phi) is 5.09. The number of hydrogen-bond donors (Lipinski definition) is 3. The van der Waals surface area contributed by atoms with Gasteiger partial charge in [0, 0.05) is 18.8 Å². The number of aromatic nitrogens is 1. The Morgan fingerprint density at radius 3 is 2.71 bits per heavy atom. The lowest BCUT2D eigenvalue weighted by atomic mass is 10.3. The lowest BCUT2D eigenvalue weighted by Crippen LogP contribution is -2.33. The van der Waals surface area contributed by atoms with Gasteiger partial charge in [-0.05, 0) is 31.2 Å². The summed E-state index contributed by atoms with van der Waals surface area (Å²) in [5.41, 5.74) is 1.08. The standard InChI is InChI=1S/C15H17FN4O/c1-11-5-4-8-14(19-11)17-9-10-18-15(21)20-13-7-3-2-6-12(13)16/h2-8H,9-10H2,1H3,(H,17,19)(H2,18,20,21). The zero-order valence-electron chi connectivity index (χ0n) is 11.7. The first kappa shape index (κ1) is 14.8. The highest BCUT2D eigenvalue weighted by molar-refractivity contribution is 5.89. The van der Waals surface area contributed by atoms with Gasteiger partial charge in [-0.1, -0.05) is 18.2 Å². The monoisotopic (exact) mass is 288 g/mol. The van der Waals surface area contributed by atoms with Crippen LogP contribution in [-0.4, -0.2) is 24.1 Å². The average molecular weight is 288 g/mol. The van der Waals surface area contributed by atoms with Crippen molar-refractivity contribution in [2.24, 2.45) is 0 Å². The molecule has 0 bridgehead atoms. The number of benzene rings is 1. The fraction of sp³-hybridized carbons (Fsp3) is 0.200. The van der Waals surface area contributed by atoms with E-state index in [0.717, 1.165) is 11.5 Å². The Labute approximate surface area is 122 Å². The maximum Gasteiger partial charge on any atom is 0.319 e. The molecule has 6 heteroatoms. The predicted molar refractivity (Wildman–Crippen MR) is 80.9 cm³/mol. The van der Waals surface area contributed by atoms with Crippen LogP contribution in [-0.2, 0) is 0 Å². The summed E-state index contributed by atoms with van der Waals surface area (Å²) < 4.78 is 13.3. The van der Waals surface area contributed by atoms with Gasteiger partial charge < -0.3 is 16.0 Å². The summed E-state index contributed by atoms with van der Waals surface area (Å²) in [6.07, 6.45) is 0. The van der Waals surface area contributed by atoms with Gasteiger partial charge in [0.2, 0.25) is 0 Å². The number of hydrogen-bond acceptors (Lipinski definition) is 3. The molecule has 0 atom stereocenters. The van der Waals surface area contributed by atoms with Crippen LogP contribution >= 0.6 is 0 Å². The molecule has 0 fully saturated rings. The number of amides is 2. The Morgan fingerprint density at radius 2 is 1.95 bits per heavy atom. The second-order valence-electron chi connectivity index (χ2n) is 4.45. The molecular weight excluding hydrogens is 271 g/mol. The summed E-state index contributed by atoms with van der Waals surface area (Å²) in [4.78, 5) is 15.9. The first-order valence-corrected chi connectivity index (χ1v) is 6.62. The second-order valence-corrected chi connectivity index (χ2v) is 4.45. The largest absolute Gasteiger partial charge is 0.368 e. The first-order valence-electron chi connectivity index (χ1n) is 6.62. The van der Waals surface area contributed by atoms with Crippen molar-refractivity contribution in [3.63, 3.8) is 0 Å². The molecule has 21 heavy (non-hydrogen) atoms. The lowest BCUT2D eigenvalue weighted by Gasteiger charge is -2.09. The van der Waals surface area contributed by atoms with E-state index >= 15 is 0 Å². The Bertz CT molecular complexity index is 618. The highest BCUT2D eigenvalue weighted by Crippen LogP contribution is 2.11. The molecule has 0 spiro atoms. The second kappa shape index (κ2) is 7.23. The van der Waals surface area contributed by atoms with Crippen molar-refractivity contribution in [3.05, 3.63) is 54.0 Å². The van der Waals surface area contributed by atoms with Crippen LogP contribution in [0.25, 0.3) is 0 Å². The van der Waals surface area contributed by atoms with Gasteiger partial charge in [0.25, 0.3) is 0 Å². The summed E-state index contributed by atoms with van der Waals surface area (Å²) in [7, 11) is 0. The van der Waals surface area contributed by atoms with Crippen molar-refractivity contribution in [3.8, 4) is 0 Å². The number of aryl methyl sites for hydroxylation is 1. The number of urea groups is 1. The summed E-state index contributed by atoms with van der Waals surface area (Å²) >= 11 is 0. The molecule has 2 amide bonds. The molecule has 2 aromatic rings. The van der Waals surface area contributed by atoms with Gasteiger partial charge in [-0.25, -0.2) is 14.2 Å². The third-order valence-corrected chi connectivity index (χ3v) is 2.73. The fourth-order valence-electron chi connectivity index (χ4n) is 1.74. The molecule has 3 N–H and O–H groups in total. The van der Waals surface area contributed by atoms with Crippen molar-refractivity contribution in [1.29, 1.82) is 0 Å². The van der Waals surface area contributed by atoms with E-state index in [9.17, 15) is 9.18 Å². The van der Waals surface area contributed by atoms with Crippen molar-refractivity contribution in [2.75, 3.05) is 23.7 Å². The van der Waals surface area contributed by atoms with Gasteiger partial charge in [-0.2, -0.15) is 0 Å². The van der Waals surface area contributed by atoms with Crippen molar-refractivity contribution in [2.45, 2.75) is 6.92 Å². The molecule has 0 aliphatic carbocycles. The van der Waals surface area contributed by atoms with Crippen LogP contribution in [0.5, 0.6) is 0 Å². The Hall–Kier alpha value is -2.63. The van der Waals surface area contributed by atoms with Crippen molar-refractivity contribution < 1.29 is 9.18 Å². The van der Waals surface area contributed by atoms with Crippen molar-refractivity contribution >= 4 is 17.5 Å². The smallest absolute Gasteiger partial charge is 0.319 e. The van der Waals surface area contributed by atoms with Gasteiger partial charge in [-0.15, -0.1) is 0 Å². The van der Waals surface area contributed by atoms with E-state index in [0.29, 0.717) is 13.1 Å². The van der Waals surface area contributed by atoms with Gasteiger partial charge in [-0.3, -0.25) is 0 Å². The highest BCUT2D eigenvalue weighted by Gasteiger charge is 2.04. The molecular formula is C15H17FN4O. The van der Waals surface area contributed by atoms with Gasteiger partial charge in [0.15, 0.2) is 0 Å². The number of carbonyl (C=O) groups excluding carboxylic acids is 1. The van der Waals surface area contributed by atoms with Crippen LogP contribution in [0.3, 0.4) is 0 Å². The number of pyridine rings is 1. The fourth-order valence-corrected chi connectivity index (χ4v) is 1.74. The number of nitrogens with zero attached hydrogens (tertiary/aromatic N) is 1. The average Bonchev–Trinajstić information content (AvgIpc) is 2.46. The van der Waals surface area contributed by atoms with Crippen LogP contribution in [0.15, 0.2) is 42.5 Å². The van der Waals surface area contributed by atoms with E-state index in [-0.39, 0.29) is 5.69 Å². The van der Waals surface area contributed by atoms with Crippen molar-refractivity contribution in [1.82, 2.24) is 10.3 Å². The number of nitrogens with one attached hydrogen (secondary N) is 3. The van der Waals surface area contributed by atoms with E-state index in [2.05, 4.69) is 20.9 Å². The molecule has 0 saturated heterocycles. The maximum absolute atomic E-state index is 13.3. The molecule has 0 aliphatic heterocycles. The Balaban J connectivity index is 1.71. The van der Waals surface area contributed by atoms with Gasteiger partial charge in [0.05, 0.1) is 5.69 Å². The van der Waals surface area contributed by atoms with E-state index in [1.54, 1.807) is 12.1 Å². The minimum absolute atomic E-state index is 0.156. The maximum atomic E-state index is 13.3. The minimum atomic E-state index is -0.463. The molecule has 0 saturated carbocycles. The van der Waals surface area contributed by atoms with Crippen LogP contribution < -0.4 is 16.0 Å². The third-order valence-electron chi connectivity index (χ3n) is 2.73. The molecule has 5 nitrogen and oxygen atoms in total. The molecule has 110 valence electrons. The quantitative estimate of drug-likeness (QED) is 0.741. The van der Waals surface area contributed by atoms with E-state index in [4.69, 9.17) is 0 Å². The molecule has 0 aliphatic rings. The predicted octanol–water partition coefficient (Wildman–Crippen LogP) is 2.76. The number of halogens is 1. The Morgan fingerprint density at radius 1 is 1.14 bits per heavy atom. The van der Waals surface area contributed by atoms with E-state index < -0.39 is 11.8 Å². The number of anilines is 2. The SMILES string of the molecule is Cc1cccc(NCCNC(=O)Nc2ccccc2F)n1. The van der Waals surface area contributed by atoms with Crippen LogP contribution in [0, 0.1) is 12.7 Å². The van der Waals surface area contributed by atoms with Crippen LogP contribution in [0.4, 0.5) is 20.7 Å². The molecule has 1 aromatic carbocycles. The minimum Gasteiger partial charge on any atom is -0.368 e. The summed E-state index contributed by atoms with van der Waals surface area (Å²) in [5.74, 6) is 0.293. The topological polar surface area (TPSA) is 66.0 Å². The number of rotatable bonds is 5. The van der Waals surface area contributed by atoms with Crippen LogP contribution in [0.1, 0.15) is 5.69 Å². The third kappa shape index (κ3) is 4.76. The summed E-state index contributed by atoms with van der Waals surface area (Å²) in [5, 5.41) is 8.17. The first-order chi connectivity index (χ1) is 10.1. The van der Waals surface area contributed by atoms with Gasteiger partial charge >= 0.3 is 6.03 Å². The molecule has 0 unspecified atom stereocenters. The zero-order chi connectivity index (χ0) is 15.1. The number of para-hydroxylation sites is 1. The molecule has 0 radical (unpaired) electrons. The van der Waals surface area contributed by atoms with Crippen LogP contribution in [0.2, 0.25) is 0 Å². The number of carbonyl (C=O) groups is 1. The molecule has 1 heterocycles. The van der Waals surface area contributed by atoms with E-state index in [1.165, 1.54) is 12.1 Å². The normalized spacial score (nSPS) is 10.0. The van der Waals surface area contributed by atoms with Gasteiger partial charge in [0.1, 0.15) is 11.6 Å². The zero-order valence-corrected chi connectivity index (χ0v) is 11.7. The molecule has 2 rings (SSSR count). The van der Waals surface area contributed by atoms with E-state index in [1.807, 2.05) is 25.1 Å². The lowest BCUT2D eigenvalue weighted by molar-refractivity contribution is 0.252.